The van der Waals surface area contributed by atoms with Crippen LogP contribution >= 0.6 is 0 Å². The Morgan fingerprint density at radius 3 is 2.25 bits per heavy atom. The molecule has 36 heavy (non-hydrogen) atoms. The normalized spacial score (nSPS) is 12.9. The highest BCUT2D eigenvalue weighted by Gasteiger charge is 2.31. The Balaban J connectivity index is 2.11. The third-order valence-electron chi connectivity index (χ3n) is 5.19. The van der Waals surface area contributed by atoms with Gasteiger partial charge in [0.15, 0.2) is 0 Å². The van der Waals surface area contributed by atoms with Crippen molar-refractivity contribution in [2.45, 2.75) is 65.8 Å². The van der Waals surface area contributed by atoms with E-state index in [0.717, 1.165) is 10.2 Å². The van der Waals surface area contributed by atoms with E-state index in [0.29, 0.717) is 6.42 Å². The number of carbonyl (C=O) groups excluding carboxylic acids is 3. The maximum Gasteiger partial charge on any atom is 0.437 e. The van der Waals surface area contributed by atoms with Crippen molar-refractivity contribution in [1.82, 2.24) is 20.4 Å². The Bertz CT molecular complexity index is 1050. The first-order chi connectivity index (χ1) is 17.1. The zero-order valence-electron chi connectivity index (χ0n) is 21.5. The van der Waals surface area contributed by atoms with E-state index in [-0.39, 0.29) is 38.0 Å². The molecule has 2 rings (SSSR count). The lowest BCUT2D eigenvalue weighted by Crippen LogP contribution is -2.52. The van der Waals surface area contributed by atoms with Gasteiger partial charge in [-0.1, -0.05) is 58.0 Å². The number of hydrogen-bond acceptors (Lipinski definition) is 8. The van der Waals surface area contributed by atoms with E-state index in [1.54, 1.807) is 0 Å². The fourth-order valence-electron chi connectivity index (χ4n) is 3.46. The summed E-state index contributed by atoms with van der Waals surface area (Å²) < 4.78 is 16.2. The number of Topliss-reactive ketones (excluding diaryl/α,β-unsaturated/α-hetero) is 1. The van der Waals surface area contributed by atoms with Crippen molar-refractivity contribution in [2.75, 3.05) is 13.7 Å². The Kier molecular flexibility index (Phi) is 11.3. The van der Waals surface area contributed by atoms with Gasteiger partial charge in [-0.05, 0) is 30.2 Å². The number of ketones is 1. The lowest BCUT2D eigenvalue weighted by atomic mass is 9.98. The minimum atomic E-state index is -0.997. The van der Waals surface area contributed by atoms with Crippen LogP contribution in [0, 0.1) is 11.8 Å². The van der Waals surface area contributed by atoms with Gasteiger partial charge in [0.05, 0.1) is 19.2 Å². The van der Waals surface area contributed by atoms with Crippen molar-refractivity contribution in [1.29, 1.82) is 0 Å². The highest BCUT2D eigenvalue weighted by atomic mass is 16.5. The Labute approximate surface area is 210 Å². The molecule has 11 heteroatoms. The zero-order valence-corrected chi connectivity index (χ0v) is 21.5. The van der Waals surface area contributed by atoms with Crippen LogP contribution in [0.3, 0.4) is 0 Å². The monoisotopic (exact) mass is 504 g/mol. The van der Waals surface area contributed by atoms with Crippen molar-refractivity contribution < 1.29 is 28.3 Å². The van der Waals surface area contributed by atoms with Crippen molar-refractivity contribution >= 4 is 17.8 Å². The lowest BCUT2D eigenvalue weighted by Gasteiger charge is -2.24. The summed E-state index contributed by atoms with van der Waals surface area (Å²) in [5.41, 5.74) is 0.812. The molecule has 0 saturated heterocycles. The highest BCUT2D eigenvalue weighted by Crippen LogP contribution is 2.12. The van der Waals surface area contributed by atoms with Crippen molar-refractivity contribution in [3.63, 3.8) is 0 Å². The van der Waals surface area contributed by atoms with Crippen molar-refractivity contribution in [2.24, 2.45) is 11.8 Å². The molecule has 0 spiro atoms. The van der Waals surface area contributed by atoms with E-state index in [9.17, 15) is 19.2 Å². The number of carbonyl (C=O) groups is 3. The van der Waals surface area contributed by atoms with Crippen LogP contribution in [0.4, 0.5) is 4.79 Å². The molecule has 0 unspecified atom stereocenters. The molecule has 0 saturated carbocycles. The number of nitrogens with one attached hydrogen (secondary N) is 2. The van der Waals surface area contributed by atoms with E-state index >= 15 is 0 Å². The molecule has 2 aromatic rings. The predicted molar refractivity (Wildman–Crippen MR) is 131 cm³/mol. The summed E-state index contributed by atoms with van der Waals surface area (Å²) in [7, 11) is 1.48. The number of alkyl carbamates (subject to hydrolysis) is 1. The van der Waals surface area contributed by atoms with Gasteiger partial charge < -0.3 is 24.5 Å². The van der Waals surface area contributed by atoms with E-state index in [2.05, 4.69) is 15.7 Å². The van der Waals surface area contributed by atoms with Gasteiger partial charge in [-0.3, -0.25) is 9.59 Å². The maximum atomic E-state index is 13.2. The van der Waals surface area contributed by atoms with Gasteiger partial charge in [-0.15, -0.1) is 5.10 Å². The summed E-state index contributed by atoms with van der Waals surface area (Å²) in [4.78, 5) is 50.7. The molecule has 0 aliphatic rings. The van der Waals surface area contributed by atoms with Crippen LogP contribution in [0.5, 0.6) is 0 Å². The molecule has 1 heterocycles. The van der Waals surface area contributed by atoms with Crippen molar-refractivity contribution in [3.05, 3.63) is 52.3 Å². The van der Waals surface area contributed by atoms with Gasteiger partial charge in [0.1, 0.15) is 12.6 Å². The first kappa shape index (κ1) is 28.8. The van der Waals surface area contributed by atoms with Crippen LogP contribution in [-0.2, 0) is 27.4 Å². The standard InChI is InChI=1S/C25H36N4O7/c1-16(2)13-19(21(30)23-28-29(11-12-34-5)25(33)36-23)26-22(31)20(14-17(3)4)27-24(32)35-15-18-9-7-6-8-10-18/h6-10,16-17,19-20H,11-15H2,1-5H3,(H,26,31)(H,27,32)/t19-,20-/m0/s1. The predicted octanol–water partition coefficient (Wildman–Crippen LogP) is 2.54. The number of nitrogens with zero attached hydrogens (tertiary/aromatic N) is 2. The highest BCUT2D eigenvalue weighted by molar-refractivity contribution is 5.99. The molecule has 198 valence electrons. The number of benzene rings is 1. The van der Waals surface area contributed by atoms with Crippen LogP contribution in [0.2, 0.25) is 0 Å². The summed E-state index contributed by atoms with van der Waals surface area (Å²) >= 11 is 0. The first-order valence-corrected chi connectivity index (χ1v) is 12.0. The Morgan fingerprint density at radius 1 is 1.00 bits per heavy atom. The van der Waals surface area contributed by atoms with Gasteiger partial charge in [0.25, 0.3) is 5.89 Å². The van der Waals surface area contributed by atoms with Gasteiger partial charge in [-0.25, -0.2) is 9.59 Å². The average Bonchev–Trinajstić information content (AvgIpc) is 3.20. The molecule has 2 amide bonds. The Hall–Kier alpha value is -3.47. The second kappa shape index (κ2) is 14.2. The number of rotatable bonds is 14. The third kappa shape index (κ3) is 9.29. The fourth-order valence-corrected chi connectivity index (χ4v) is 3.46. The van der Waals surface area contributed by atoms with E-state index in [1.807, 2.05) is 58.0 Å². The van der Waals surface area contributed by atoms with Gasteiger partial charge >= 0.3 is 11.8 Å². The zero-order chi connectivity index (χ0) is 26.7. The first-order valence-electron chi connectivity index (χ1n) is 12.0. The molecule has 0 aliphatic heterocycles. The van der Waals surface area contributed by atoms with Gasteiger partial charge in [-0.2, -0.15) is 4.68 Å². The molecule has 1 aromatic heterocycles. The topological polar surface area (TPSA) is 142 Å². The van der Waals surface area contributed by atoms with Gasteiger partial charge in [0, 0.05) is 7.11 Å². The molecular weight excluding hydrogens is 468 g/mol. The third-order valence-corrected chi connectivity index (χ3v) is 5.19. The molecule has 0 aliphatic carbocycles. The number of hydrogen-bond donors (Lipinski definition) is 2. The van der Waals surface area contributed by atoms with Crippen LogP contribution in [0.1, 0.15) is 56.8 Å². The SMILES string of the molecule is COCCn1nc(C(=O)[C@H](CC(C)C)NC(=O)[C@H](CC(C)C)NC(=O)OCc2ccccc2)oc1=O. The molecule has 0 bridgehead atoms. The van der Waals surface area contributed by atoms with Crippen LogP contribution in [0.15, 0.2) is 39.5 Å². The number of ether oxygens (including phenoxy) is 2. The molecule has 0 fully saturated rings. The summed E-state index contributed by atoms with van der Waals surface area (Å²) in [6.07, 6.45) is -0.129. The Morgan fingerprint density at radius 2 is 1.64 bits per heavy atom. The second-order valence-electron chi connectivity index (χ2n) is 9.33. The molecule has 11 nitrogen and oxygen atoms in total. The van der Waals surface area contributed by atoms with Crippen LogP contribution < -0.4 is 16.4 Å². The minimum absolute atomic E-state index is 0.0360. The summed E-state index contributed by atoms with van der Waals surface area (Å²) in [5, 5.41) is 9.25. The van der Waals surface area contributed by atoms with Crippen LogP contribution in [-0.4, -0.2) is 53.4 Å². The minimum Gasteiger partial charge on any atom is -0.445 e. The lowest BCUT2D eigenvalue weighted by molar-refractivity contribution is -0.124. The maximum absolute atomic E-state index is 13.2. The number of amides is 2. The number of aromatic nitrogens is 2. The quantitative estimate of drug-likeness (QED) is 0.374. The summed E-state index contributed by atoms with van der Waals surface area (Å²) in [6, 6.07) is 7.24. The molecule has 0 radical (unpaired) electrons. The summed E-state index contributed by atoms with van der Waals surface area (Å²) in [5.74, 6) is -2.23. The summed E-state index contributed by atoms with van der Waals surface area (Å²) in [6.45, 7) is 8.01. The smallest absolute Gasteiger partial charge is 0.437 e. The number of methoxy groups -OCH3 is 1. The van der Waals surface area contributed by atoms with Gasteiger partial charge in [0.2, 0.25) is 11.7 Å². The second-order valence-corrected chi connectivity index (χ2v) is 9.33. The molecule has 2 N–H and O–H groups in total. The average molecular weight is 505 g/mol. The van der Waals surface area contributed by atoms with Crippen LogP contribution in [0.25, 0.3) is 0 Å². The van der Waals surface area contributed by atoms with E-state index in [4.69, 9.17) is 13.9 Å². The molecule has 1 aromatic carbocycles. The van der Waals surface area contributed by atoms with Crippen molar-refractivity contribution in [3.8, 4) is 0 Å². The van der Waals surface area contributed by atoms with E-state index < -0.39 is 41.5 Å². The molecule has 2 atom stereocenters. The van der Waals surface area contributed by atoms with E-state index in [1.165, 1.54) is 7.11 Å². The molecular formula is C25H36N4O7. The fraction of sp³-hybridized carbons (Fsp3) is 0.560. The largest absolute Gasteiger partial charge is 0.445 e.